The van der Waals surface area contributed by atoms with Gasteiger partial charge in [0.05, 0.1) is 46.4 Å². The first kappa shape index (κ1) is 24.0. The van der Waals surface area contributed by atoms with Gasteiger partial charge in [0.2, 0.25) is 5.75 Å². The van der Waals surface area contributed by atoms with Crippen molar-refractivity contribution in [2.75, 3.05) is 40.3 Å². The zero-order valence-corrected chi connectivity index (χ0v) is 19.3. The monoisotopic (exact) mass is 457 g/mol. The number of anilines is 1. The van der Waals surface area contributed by atoms with Crippen molar-refractivity contribution in [2.24, 2.45) is 10.2 Å². The van der Waals surface area contributed by atoms with Gasteiger partial charge in [0.1, 0.15) is 11.9 Å². The largest absolute Gasteiger partial charge is 0.495 e. The average molecular weight is 458 g/mol. The average Bonchev–Trinajstić information content (AvgIpc) is 3.32. The number of nitrogens with one attached hydrogen (secondary N) is 1. The van der Waals surface area contributed by atoms with E-state index in [-0.39, 0.29) is 0 Å². The zero-order chi connectivity index (χ0) is 24.1. The van der Waals surface area contributed by atoms with Gasteiger partial charge in [0, 0.05) is 11.1 Å². The first-order valence-electron chi connectivity index (χ1n) is 10.3. The van der Waals surface area contributed by atoms with Gasteiger partial charge in [-0.05, 0) is 36.8 Å². The fourth-order valence-electron chi connectivity index (χ4n) is 3.43. The molecule has 1 amide bonds. The van der Waals surface area contributed by atoms with Crippen LogP contribution >= 0.6 is 0 Å². The highest BCUT2D eigenvalue weighted by molar-refractivity contribution is 5.98. The number of hydrogen-bond donors (Lipinski definition) is 3. The molecule has 0 bridgehead atoms. The number of carbonyl (C=O) groups is 1. The molecule has 1 aliphatic heterocycles. The van der Waals surface area contributed by atoms with Gasteiger partial charge >= 0.3 is 0 Å². The molecule has 0 fully saturated rings. The lowest BCUT2D eigenvalue weighted by atomic mass is 9.99. The molecule has 0 saturated heterocycles. The quantitative estimate of drug-likeness (QED) is 0.526. The third-order valence-corrected chi connectivity index (χ3v) is 5.35. The Morgan fingerprint density at radius 2 is 1.64 bits per heavy atom. The fraction of sp³-hybridized carbons (Fsp3) is 0.348. The van der Waals surface area contributed by atoms with Crippen LogP contribution in [0.5, 0.6) is 23.0 Å². The predicted molar refractivity (Wildman–Crippen MR) is 123 cm³/mol. The van der Waals surface area contributed by atoms with Crippen LogP contribution in [-0.4, -0.2) is 58.1 Å². The first-order valence-corrected chi connectivity index (χ1v) is 10.3. The number of aliphatic hydroxyl groups is 1. The molecule has 0 saturated carbocycles. The number of rotatable bonds is 9. The number of ether oxygens (including phenoxy) is 4. The molecule has 10 nitrogen and oxygen atoms in total. The summed E-state index contributed by atoms with van der Waals surface area (Å²) in [7, 11) is 6.16. The minimum atomic E-state index is -0.888. The highest BCUT2D eigenvalue weighted by Gasteiger charge is 2.25. The molecule has 2 aromatic carbocycles. The molecule has 0 radical (unpaired) electrons. The molecular weight excluding hydrogens is 428 g/mol. The molecule has 33 heavy (non-hydrogen) atoms. The second-order valence-corrected chi connectivity index (χ2v) is 7.39. The number of amides is 1. The van der Waals surface area contributed by atoms with Crippen LogP contribution in [0.15, 0.2) is 40.6 Å². The smallest absolute Gasteiger partial charge is 0.285 e. The third-order valence-electron chi connectivity index (χ3n) is 5.35. The van der Waals surface area contributed by atoms with Crippen LogP contribution in [0.25, 0.3) is 11.3 Å². The molecule has 2 aromatic rings. The molecule has 5 N–H and O–H groups in total. The maximum absolute atomic E-state index is 12.5. The van der Waals surface area contributed by atoms with Gasteiger partial charge in [-0.15, -0.1) is 0 Å². The summed E-state index contributed by atoms with van der Waals surface area (Å²) in [5.74, 6) is 1.55. The molecule has 1 heterocycles. The molecule has 176 valence electrons. The lowest BCUT2D eigenvalue weighted by molar-refractivity contribution is -0.418. The number of carbonyl (C=O) groups excluding carboxylic acids is 1. The summed E-state index contributed by atoms with van der Waals surface area (Å²) in [6, 6.07) is 8.20. The van der Waals surface area contributed by atoms with Crippen molar-refractivity contribution in [3.63, 3.8) is 0 Å². The van der Waals surface area contributed by atoms with E-state index >= 15 is 0 Å². The lowest BCUT2D eigenvalue weighted by Crippen LogP contribution is -2.70. The van der Waals surface area contributed by atoms with Crippen LogP contribution in [0.3, 0.4) is 0 Å². The molecule has 2 unspecified atom stereocenters. The minimum Gasteiger partial charge on any atom is -0.495 e. The highest BCUT2D eigenvalue weighted by Crippen LogP contribution is 2.43. The van der Waals surface area contributed by atoms with Gasteiger partial charge in [-0.3, -0.25) is 4.79 Å². The molecule has 3 rings (SSSR count). The van der Waals surface area contributed by atoms with Crippen molar-refractivity contribution >= 4 is 22.9 Å². The SMILES string of the molecule is COc1ccc(C2=C(c3cc(OC)c(OC)c(OC)c3)N=NC2)cc1NC(=O)C([NH3+])C(C)O. The van der Waals surface area contributed by atoms with Crippen molar-refractivity contribution in [2.45, 2.75) is 19.1 Å². The van der Waals surface area contributed by atoms with E-state index in [0.29, 0.717) is 40.9 Å². The van der Waals surface area contributed by atoms with Crippen LogP contribution in [0.4, 0.5) is 5.69 Å². The van der Waals surface area contributed by atoms with Crippen LogP contribution in [-0.2, 0) is 4.79 Å². The van der Waals surface area contributed by atoms with Crippen molar-refractivity contribution in [1.29, 1.82) is 0 Å². The fourth-order valence-corrected chi connectivity index (χ4v) is 3.43. The van der Waals surface area contributed by atoms with E-state index in [1.807, 2.05) is 18.2 Å². The van der Waals surface area contributed by atoms with Crippen LogP contribution in [0, 0.1) is 0 Å². The summed E-state index contributed by atoms with van der Waals surface area (Å²) < 4.78 is 21.7. The number of methoxy groups -OCH3 is 4. The Hall–Kier alpha value is -3.63. The molecule has 2 atom stereocenters. The minimum absolute atomic E-state index is 0.358. The summed E-state index contributed by atoms with van der Waals surface area (Å²) in [6.45, 7) is 1.87. The van der Waals surface area contributed by atoms with Crippen LogP contribution < -0.4 is 30.0 Å². The van der Waals surface area contributed by atoms with Gasteiger partial charge < -0.3 is 35.1 Å². The molecule has 10 heteroatoms. The summed E-state index contributed by atoms with van der Waals surface area (Å²) in [5, 5.41) is 21.0. The number of azo groups is 1. The second-order valence-electron chi connectivity index (χ2n) is 7.39. The Kier molecular flexibility index (Phi) is 7.52. The molecule has 1 aliphatic rings. The van der Waals surface area contributed by atoms with Gasteiger partial charge in [-0.2, -0.15) is 10.2 Å². The topological polar surface area (TPSA) is 139 Å². The Labute approximate surface area is 192 Å². The summed E-state index contributed by atoms with van der Waals surface area (Å²) in [5.41, 5.74) is 7.22. The van der Waals surface area contributed by atoms with Gasteiger partial charge in [-0.1, -0.05) is 6.07 Å². The number of aliphatic hydroxyl groups excluding tert-OH is 1. The highest BCUT2D eigenvalue weighted by atomic mass is 16.5. The van der Waals surface area contributed by atoms with Crippen molar-refractivity contribution in [3.05, 3.63) is 41.5 Å². The van der Waals surface area contributed by atoms with Crippen molar-refractivity contribution in [3.8, 4) is 23.0 Å². The number of quaternary nitrogens is 1. The van der Waals surface area contributed by atoms with E-state index in [9.17, 15) is 9.90 Å². The number of benzene rings is 2. The maximum atomic E-state index is 12.5. The molecule has 0 spiro atoms. The zero-order valence-electron chi connectivity index (χ0n) is 19.3. The molecule has 0 aromatic heterocycles. The standard InChI is InChI=1S/C23H28N4O6/c1-12(28)20(24)23(29)26-16-8-13(6-7-17(16)30-2)15-11-25-27-21(15)14-9-18(31-3)22(33-5)19(10-14)32-4/h6-10,12,20,28H,11,24H2,1-5H3,(H,26,29)/p+1. The van der Waals surface area contributed by atoms with Crippen molar-refractivity contribution < 1.29 is 34.6 Å². The third kappa shape index (κ3) is 4.91. The van der Waals surface area contributed by atoms with Gasteiger partial charge in [-0.25, -0.2) is 0 Å². The van der Waals surface area contributed by atoms with E-state index < -0.39 is 18.1 Å². The Morgan fingerprint density at radius 1 is 1.00 bits per heavy atom. The van der Waals surface area contributed by atoms with Crippen LogP contribution in [0.2, 0.25) is 0 Å². The number of hydrogen-bond acceptors (Lipinski definition) is 8. The van der Waals surface area contributed by atoms with E-state index in [2.05, 4.69) is 21.3 Å². The Morgan fingerprint density at radius 3 is 2.18 bits per heavy atom. The van der Waals surface area contributed by atoms with E-state index in [1.165, 1.54) is 14.0 Å². The second kappa shape index (κ2) is 10.3. The van der Waals surface area contributed by atoms with Crippen LogP contribution in [0.1, 0.15) is 18.1 Å². The van der Waals surface area contributed by atoms with E-state index in [1.54, 1.807) is 33.5 Å². The summed E-state index contributed by atoms with van der Waals surface area (Å²) in [4.78, 5) is 12.5. The predicted octanol–water partition coefficient (Wildman–Crippen LogP) is 1.98. The van der Waals surface area contributed by atoms with Gasteiger partial charge in [0.25, 0.3) is 5.91 Å². The summed E-state index contributed by atoms with van der Waals surface area (Å²) in [6.07, 6.45) is -0.888. The van der Waals surface area contributed by atoms with E-state index in [4.69, 9.17) is 18.9 Å². The molecular formula is C23H29N4O6+. The van der Waals surface area contributed by atoms with Gasteiger partial charge in [0.15, 0.2) is 17.5 Å². The molecule has 0 aliphatic carbocycles. The lowest BCUT2D eigenvalue weighted by Gasteiger charge is -2.16. The maximum Gasteiger partial charge on any atom is 0.285 e. The van der Waals surface area contributed by atoms with E-state index in [0.717, 1.165) is 16.7 Å². The number of nitrogens with zero attached hydrogens (tertiary/aromatic N) is 2. The van der Waals surface area contributed by atoms with Crippen molar-refractivity contribution in [1.82, 2.24) is 0 Å². The summed E-state index contributed by atoms with van der Waals surface area (Å²) >= 11 is 0. The first-order chi connectivity index (χ1) is 15.8. The Balaban J connectivity index is 2.06. The normalized spacial score (nSPS) is 14.6. The Bertz CT molecular complexity index is 1070.